The van der Waals surface area contributed by atoms with Crippen molar-refractivity contribution in [3.8, 4) is 16.6 Å². The molecule has 2 aromatic rings. The van der Waals surface area contributed by atoms with E-state index in [1.807, 2.05) is 6.07 Å². The second-order valence-electron chi connectivity index (χ2n) is 5.17. The molecule has 21 heavy (non-hydrogen) atoms. The van der Waals surface area contributed by atoms with Gasteiger partial charge in [0.15, 0.2) is 0 Å². The molecule has 0 spiro atoms. The summed E-state index contributed by atoms with van der Waals surface area (Å²) in [7, 11) is 1.61. The molecule has 1 unspecified atom stereocenters. The molecule has 2 heterocycles. The molecular formula is C15H20N4OS. The van der Waals surface area contributed by atoms with Gasteiger partial charge < -0.3 is 10.1 Å². The SMILES string of the molecule is CCCNC1CCCc2nc(-c3cc(OC)ncn3)sc21. The molecule has 0 radical (unpaired) electrons. The number of thiazole rings is 1. The van der Waals surface area contributed by atoms with Gasteiger partial charge in [-0.2, -0.15) is 0 Å². The second kappa shape index (κ2) is 6.49. The van der Waals surface area contributed by atoms with Crippen molar-refractivity contribution in [1.82, 2.24) is 20.3 Å². The van der Waals surface area contributed by atoms with Crippen LogP contribution in [0.15, 0.2) is 12.4 Å². The summed E-state index contributed by atoms with van der Waals surface area (Å²) in [6.45, 7) is 3.25. The van der Waals surface area contributed by atoms with Crippen LogP contribution in [0.2, 0.25) is 0 Å². The molecule has 1 atom stereocenters. The van der Waals surface area contributed by atoms with Crippen LogP contribution in [0.5, 0.6) is 5.88 Å². The zero-order chi connectivity index (χ0) is 14.7. The minimum absolute atomic E-state index is 0.448. The molecule has 0 bridgehead atoms. The molecule has 0 fully saturated rings. The van der Waals surface area contributed by atoms with E-state index in [0.717, 1.165) is 30.1 Å². The molecule has 0 aliphatic heterocycles. The first-order valence-electron chi connectivity index (χ1n) is 7.41. The van der Waals surface area contributed by atoms with Crippen LogP contribution in [-0.2, 0) is 6.42 Å². The molecule has 1 aliphatic carbocycles. The number of rotatable bonds is 5. The van der Waals surface area contributed by atoms with E-state index in [0.29, 0.717) is 11.9 Å². The molecule has 5 nitrogen and oxygen atoms in total. The third-order valence-corrected chi connectivity index (χ3v) is 4.90. The third-order valence-electron chi connectivity index (χ3n) is 3.66. The molecule has 0 saturated carbocycles. The van der Waals surface area contributed by atoms with Crippen molar-refractivity contribution in [2.24, 2.45) is 0 Å². The molecule has 0 saturated heterocycles. The van der Waals surface area contributed by atoms with Gasteiger partial charge in [0.25, 0.3) is 0 Å². The molecule has 0 amide bonds. The van der Waals surface area contributed by atoms with E-state index >= 15 is 0 Å². The van der Waals surface area contributed by atoms with Gasteiger partial charge in [-0.3, -0.25) is 0 Å². The fraction of sp³-hybridized carbons (Fsp3) is 0.533. The number of methoxy groups -OCH3 is 1. The van der Waals surface area contributed by atoms with Crippen LogP contribution in [0, 0.1) is 0 Å². The van der Waals surface area contributed by atoms with Gasteiger partial charge in [0, 0.05) is 17.0 Å². The Labute approximate surface area is 128 Å². The standard InChI is InChI=1S/C15H20N4OS/c1-3-7-16-10-5-4-6-11-14(10)21-15(19-11)12-8-13(20-2)18-9-17-12/h8-10,16H,3-7H2,1-2H3. The number of hydrogen-bond acceptors (Lipinski definition) is 6. The summed E-state index contributed by atoms with van der Waals surface area (Å²) in [4.78, 5) is 14.5. The smallest absolute Gasteiger partial charge is 0.216 e. The minimum atomic E-state index is 0.448. The van der Waals surface area contributed by atoms with Crippen molar-refractivity contribution in [2.75, 3.05) is 13.7 Å². The number of fused-ring (bicyclic) bond motifs is 1. The van der Waals surface area contributed by atoms with Crippen molar-refractivity contribution < 1.29 is 4.74 Å². The summed E-state index contributed by atoms with van der Waals surface area (Å²) in [5, 5.41) is 4.59. The molecule has 0 aromatic carbocycles. The van der Waals surface area contributed by atoms with E-state index < -0.39 is 0 Å². The van der Waals surface area contributed by atoms with Gasteiger partial charge in [0.05, 0.1) is 12.8 Å². The average Bonchev–Trinajstić information content (AvgIpc) is 2.97. The summed E-state index contributed by atoms with van der Waals surface area (Å²) in [6.07, 6.45) is 6.15. The molecular weight excluding hydrogens is 284 g/mol. The lowest BCUT2D eigenvalue weighted by Gasteiger charge is -2.22. The van der Waals surface area contributed by atoms with Crippen LogP contribution in [0.3, 0.4) is 0 Å². The maximum atomic E-state index is 5.17. The highest BCUT2D eigenvalue weighted by atomic mass is 32.1. The lowest BCUT2D eigenvalue weighted by Crippen LogP contribution is -2.24. The van der Waals surface area contributed by atoms with Crippen LogP contribution >= 0.6 is 11.3 Å². The molecule has 1 aliphatic rings. The predicted molar refractivity (Wildman–Crippen MR) is 83.7 cm³/mol. The zero-order valence-electron chi connectivity index (χ0n) is 12.4. The summed E-state index contributed by atoms with van der Waals surface area (Å²) >= 11 is 1.75. The van der Waals surface area contributed by atoms with Crippen LogP contribution in [0.4, 0.5) is 0 Å². The normalized spacial score (nSPS) is 17.5. The van der Waals surface area contributed by atoms with Crippen molar-refractivity contribution in [1.29, 1.82) is 0 Å². The highest BCUT2D eigenvalue weighted by Crippen LogP contribution is 2.37. The van der Waals surface area contributed by atoms with Gasteiger partial charge in [-0.05, 0) is 32.2 Å². The lowest BCUT2D eigenvalue weighted by molar-refractivity contribution is 0.397. The molecule has 112 valence electrons. The van der Waals surface area contributed by atoms with Crippen LogP contribution in [0.1, 0.15) is 42.8 Å². The first kappa shape index (κ1) is 14.4. The molecule has 6 heteroatoms. The number of aryl methyl sites for hydroxylation is 1. The summed E-state index contributed by atoms with van der Waals surface area (Å²) < 4.78 is 5.17. The van der Waals surface area contributed by atoms with Crippen molar-refractivity contribution in [3.63, 3.8) is 0 Å². The Morgan fingerprint density at radius 3 is 3.14 bits per heavy atom. The number of aromatic nitrogens is 3. The number of nitrogens with one attached hydrogen (secondary N) is 1. The van der Waals surface area contributed by atoms with E-state index in [9.17, 15) is 0 Å². The van der Waals surface area contributed by atoms with Crippen LogP contribution in [0.25, 0.3) is 10.7 Å². The van der Waals surface area contributed by atoms with Crippen LogP contribution < -0.4 is 10.1 Å². The number of nitrogens with zero attached hydrogens (tertiary/aromatic N) is 3. The maximum absolute atomic E-state index is 5.17. The maximum Gasteiger partial charge on any atom is 0.216 e. The zero-order valence-corrected chi connectivity index (χ0v) is 13.2. The van der Waals surface area contributed by atoms with Crippen LogP contribution in [-0.4, -0.2) is 28.6 Å². The summed E-state index contributed by atoms with van der Waals surface area (Å²) in [5.41, 5.74) is 2.07. The van der Waals surface area contributed by atoms with E-state index in [2.05, 4.69) is 22.2 Å². The lowest BCUT2D eigenvalue weighted by atomic mass is 9.98. The molecule has 2 aromatic heterocycles. The largest absolute Gasteiger partial charge is 0.481 e. The monoisotopic (exact) mass is 304 g/mol. The third kappa shape index (κ3) is 3.06. The average molecular weight is 304 g/mol. The summed E-state index contributed by atoms with van der Waals surface area (Å²) in [5.74, 6) is 0.578. The Kier molecular flexibility index (Phi) is 4.45. The number of hydrogen-bond donors (Lipinski definition) is 1. The molecule has 3 rings (SSSR count). The fourth-order valence-corrected chi connectivity index (χ4v) is 3.80. The number of ether oxygens (including phenoxy) is 1. The Hall–Kier alpha value is -1.53. The highest BCUT2D eigenvalue weighted by molar-refractivity contribution is 7.15. The van der Waals surface area contributed by atoms with Crippen molar-refractivity contribution >= 4 is 11.3 Å². The van der Waals surface area contributed by atoms with Gasteiger partial charge in [0.2, 0.25) is 5.88 Å². The van der Waals surface area contributed by atoms with Gasteiger partial charge in [-0.15, -0.1) is 11.3 Å². The van der Waals surface area contributed by atoms with E-state index in [4.69, 9.17) is 9.72 Å². The van der Waals surface area contributed by atoms with E-state index in [1.165, 1.54) is 29.7 Å². The quantitative estimate of drug-likeness (QED) is 0.920. The van der Waals surface area contributed by atoms with E-state index in [-0.39, 0.29) is 0 Å². The Bertz CT molecular complexity index is 613. The Morgan fingerprint density at radius 1 is 1.43 bits per heavy atom. The summed E-state index contributed by atoms with van der Waals surface area (Å²) in [6, 6.07) is 2.29. The Morgan fingerprint density at radius 2 is 2.33 bits per heavy atom. The predicted octanol–water partition coefficient (Wildman–Crippen LogP) is 2.99. The highest BCUT2D eigenvalue weighted by Gasteiger charge is 2.24. The fourth-order valence-electron chi connectivity index (χ4n) is 2.61. The van der Waals surface area contributed by atoms with Crippen molar-refractivity contribution in [3.05, 3.63) is 23.0 Å². The van der Waals surface area contributed by atoms with Crippen molar-refractivity contribution in [2.45, 2.75) is 38.6 Å². The first-order chi connectivity index (χ1) is 10.3. The van der Waals surface area contributed by atoms with Gasteiger partial charge in [-0.25, -0.2) is 15.0 Å². The van der Waals surface area contributed by atoms with Gasteiger partial charge in [0.1, 0.15) is 17.0 Å². The van der Waals surface area contributed by atoms with E-state index in [1.54, 1.807) is 18.4 Å². The second-order valence-corrected chi connectivity index (χ2v) is 6.21. The van der Waals surface area contributed by atoms with Gasteiger partial charge in [-0.1, -0.05) is 6.92 Å². The topological polar surface area (TPSA) is 59.9 Å². The molecule has 1 N–H and O–H groups in total. The first-order valence-corrected chi connectivity index (χ1v) is 8.23. The van der Waals surface area contributed by atoms with Gasteiger partial charge >= 0.3 is 0 Å². The Balaban J connectivity index is 1.90. The minimum Gasteiger partial charge on any atom is -0.481 e.